The zero-order chi connectivity index (χ0) is 13.2. The molecule has 0 spiro atoms. The van der Waals surface area contributed by atoms with Gasteiger partial charge in [0.1, 0.15) is 6.54 Å². The molecule has 17 heavy (non-hydrogen) atoms. The molecule has 1 aromatic heterocycles. The second-order valence-corrected chi connectivity index (χ2v) is 5.62. The highest BCUT2D eigenvalue weighted by Gasteiger charge is 2.25. The number of carbonyl (C=O) groups is 1. The molecule has 0 saturated heterocycles. The predicted octanol–water partition coefficient (Wildman–Crippen LogP) is -1.07. The van der Waals surface area contributed by atoms with Crippen molar-refractivity contribution >= 4 is 21.6 Å². The molecule has 0 aliphatic rings. The van der Waals surface area contributed by atoms with Crippen LogP contribution in [0.15, 0.2) is 6.20 Å². The standard InChI is InChI=1S/C7H10N4O5S/c1-17(15,16)3-2-10-7(11(13)14)5(4-9-10)6(8)12/h4H,2-3H2,1H3,(H2,8,12). The number of carbonyl (C=O) groups excluding carboxylic acids is 1. The van der Waals surface area contributed by atoms with E-state index in [4.69, 9.17) is 5.73 Å². The van der Waals surface area contributed by atoms with E-state index in [0.29, 0.717) is 0 Å². The van der Waals surface area contributed by atoms with Gasteiger partial charge in [0.25, 0.3) is 5.91 Å². The molecule has 1 heterocycles. The highest BCUT2D eigenvalue weighted by atomic mass is 32.2. The molecule has 0 bridgehead atoms. The third kappa shape index (κ3) is 3.24. The summed E-state index contributed by atoms with van der Waals surface area (Å²) >= 11 is 0. The second-order valence-electron chi connectivity index (χ2n) is 3.36. The van der Waals surface area contributed by atoms with Gasteiger partial charge in [-0.2, -0.15) is 0 Å². The largest absolute Gasteiger partial charge is 0.365 e. The van der Waals surface area contributed by atoms with E-state index in [1.807, 2.05) is 0 Å². The normalized spacial score (nSPS) is 11.4. The lowest BCUT2D eigenvalue weighted by molar-refractivity contribution is -0.392. The quantitative estimate of drug-likeness (QED) is 0.529. The summed E-state index contributed by atoms with van der Waals surface area (Å²) < 4.78 is 22.7. The number of hydrogen-bond donors (Lipinski definition) is 1. The molecule has 1 rings (SSSR count). The van der Waals surface area contributed by atoms with Crippen molar-refractivity contribution in [3.63, 3.8) is 0 Å². The summed E-state index contributed by atoms with van der Waals surface area (Å²) in [5.74, 6) is -1.89. The van der Waals surface area contributed by atoms with Crippen molar-refractivity contribution in [3.8, 4) is 0 Å². The predicted molar refractivity (Wildman–Crippen MR) is 57.1 cm³/mol. The topological polar surface area (TPSA) is 138 Å². The minimum Gasteiger partial charge on any atom is -0.365 e. The minimum atomic E-state index is -3.28. The van der Waals surface area contributed by atoms with Gasteiger partial charge in [0.05, 0.1) is 11.9 Å². The number of nitro groups is 1. The first-order chi connectivity index (χ1) is 7.72. The first-order valence-electron chi connectivity index (χ1n) is 4.40. The number of hydrogen-bond acceptors (Lipinski definition) is 6. The van der Waals surface area contributed by atoms with Crippen LogP contribution in [0.25, 0.3) is 0 Å². The molecule has 9 nitrogen and oxygen atoms in total. The van der Waals surface area contributed by atoms with Crippen LogP contribution in [0.3, 0.4) is 0 Å². The van der Waals surface area contributed by atoms with Crippen LogP contribution in [0.1, 0.15) is 10.4 Å². The average molecular weight is 262 g/mol. The van der Waals surface area contributed by atoms with E-state index < -0.39 is 26.5 Å². The van der Waals surface area contributed by atoms with Crippen LogP contribution in [0, 0.1) is 10.1 Å². The molecule has 0 radical (unpaired) electrons. The van der Waals surface area contributed by atoms with Crippen LogP contribution in [-0.2, 0) is 16.4 Å². The SMILES string of the molecule is CS(=O)(=O)CCn1ncc(C(N)=O)c1[N+](=O)[O-]. The molecular formula is C7H10N4O5S. The summed E-state index contributed by atoms with van der Waals surface area (Å²) in [4.78, 5) is 20.8. The van der Waals surface area contributed by atoms with Crippen LogP contribution in [0.2, 0.25) is 0 Å². The Morgan fingerprint density at radius 3 is 2.65 bits per heavy atom. The number of aryl methyl sites for hydroxylation is 1. The monoisotopic (exact) mass is 262 g/mol. The van der Waals surface area contributed by atoms with Gasteiger partial charge in [0, 0.05) is 6.26 Å². The van der Waals surface area contributed by atoms with E-state index in [1.54, 1.807) is 0 Å². The van der Waals surface area contributed by atoms with E-state index in [2.05, 4.69) is 5.10 Å². The lowest BCUT2D eigenvalue weighted by Crippen LogP contribution is -2.16. The number of primary amides is 1. The zero-order valence-electron chi connectivity index (χ0n) is 8.86. The van der Waals surface area contributed by atoms with Crippen LogP contribution in [0.4, 0.5) is 5.82 Å². The molecule has 0 atom stereocenters. The smallest absolute Gasteiger partial charge is 0.357 e. The van der Waals surface area contributed by atoms with Crippen molar-refractivity contribution < 1.29 is 18.1 Å². The van der Waals surface area contributed by atoms with E-state index in [0.717, 1.165) is 17.1 Å². The van der Waals surface area contributed by atoms with Crippen LogP contribution < -0.4 is 5.73 Å². The number of aromatic nitrogens is 2. The van der Waals surface area contributed by atoms with Gasteiger partial charge in [-0.25, -0.2) is 8.42 Å². The van der Waals surface area contributed by atoms with Crippen LogP contribution >= 0.6 is 0 Å². The van der Waals surface area contributed by atoms with Crippen molar-refractivity contribution in [1.29, 1.82) is 0 Å². The van der Waals surface area contributed by atoms with Crippen molar-refractivity contribution in [1.82, 2.24) is 9.78 Å². The molecule has 1 aromatic rings. The highest BCUT2D eigenvalue weighted by Crippen LogP contribution is 2.17. The van der Waals surface area contributed by atoms with E-state index in [9.17, 15) is 23.3 Å². The Bertz CT molecular complexity index is 561. The van der Waals surface area contributed by atoms with Crippen molar-refractivity contribution in [2.75, 3.05) is 12.0 Å². The first-order valence-corrected chi connectivity index (χ1v) is 6.46. The van der Waals surface area contributed by atoms with Crippen molar-refractivity contribution in [2.45, 2.75) is 6.54 Å². The van der Waals surface area contributed by atoms with Gasteiger partial charge >= 0.3 is 5.82 Å². The van der Waals surface area contributed by atoms with E-state index in [-0.39, 0.29) is 17.9 Å². The molecule has 2 N–H and O–H groups in total. The molecular weight excluding hydrogens is 252 g/mol. The van der Waals surface area contributed by atoms with Gasteiger partial charge in [-0.1, -0.05) is 5.10 Å². The number of amides is 1. The van der Waals surface area contributed by atoms with Gasteiger partial charge in [0.15, 0.2) is 15.4 Å². The lowest BCUT2D eigenvalue weighted by atomic mass is 10.3. The van der Waals surface area contributed by atoms with E-state index in [1.165, 1.54) is 0 Å². The number of nitrogens with zero attached hydrogens (tertiary/aromatic N) is 3. The fourth-order valence-corrected chi connectivity index (χ4v) is 1.67. The van der Waals surface area contributed by atoms with E-state index >= 15 is 0 Å². The molecule has 94 valence electrons. The van der Waals surface area contributed by atoms with Gasteiger partial charge in [-0.15, -0.1) is 4.68 Å². The molecule has 0 aliphatic carbocycles. The Morgan fingerprint density at radius 2 is 2.24 bits per heavy atom. The summed E-state index contributed by atoms with van der Waals surface area (Å²) in [6.45, 7) is -0.206. The number of nitrogens with two attached hydrogens (primary N) is 1. The van der Waals surface area contributed by atoms with Crippen LogP contribution in [0.5, 0.6) is 0 Å². The first kappa shape index (κ1) is 13.1. The fraction of sp³-hybridized carbons (Fsp3) is 0.429. The second kappa shape index (κ2) is 4.49. The molecule has 0 fully saturated rings. The molecule has 0 unspecified atom stereocenters. The summed E-state index contributed by atoms with van der Waals surface area (Å²) in [5.41, 5.74) is 4.59. The molecule has 10 heteroatoms. The maximum atomic E-state index is 10.9. The molecule has 0 saturated carbocycles. The lowest BCUT2D eigenvalue weighted by Gasteiger charge is -1.99. The van der Waals surface area contributed by atoms with Crippen molar-refractivity contribution in [3.05, 3.63) is 21.9 Å². The van der Waals surface area contributed by atoms with Crippen LogP contribution in [-0.4, -0.2) is 41.0 Å². The number of rotatable bonds is 5. The minimum absolute atomic E-state index is 0.206. The Kier molecular flexibility index (Phi) is 3.46. The van der Waals surface area contributed by atoms with Gasteiger partial charge in [-0.05, 0) is 4.92 Å². The Balaban J connectivity index is 3.09. The Hall–Kier alpha value is -1.97. The Morgan fingerprint density at radius 1 is 1.65 bits per heavy atom. The fourth-order valence-electron chi connectivity index (χ4n) is 1.16. The molecule has 0 aliphatic heterocycles. The summed E-state index contributed by atoms with van der Waals surface area (Å²) in [5, 5.41) is 14.3. The van der Waals surface area contributed by atoms with Gasteiger partial charge < -0.3 is 15.8 Å². The molecule has 0 aromatic carbocycles. The van der Waals surface area contributed by atoms with Gasteiger partial charge in [0.2, 0.25) is 0 Å². The Labute approximate surface area is 96.3 Å². The maximum Gasteiger partial charge on any atom is 0.357 e. The summed E-state index contributed by atoms with van der Waals surface area (Å²) in [7, 11) is -3.28. The zero-order valence-corrected chi connectivity index (χ0v) is 9.68. The third-order valence-electron chi connectivity index (χ3n) is 1.92. The molecule has 1 amide bonds. The van der Waals surface area contributed by atoms with Gasteiger partial charge in [-0.3, -0.25) is 4.79 Å². The third-order valence-corrected chi connectivity index (χ3v) is 2.85. The van der Waals surface area contributed by atoms with Crippen molar-refractivity contribution in [2.24, 2.45) is 5.73 Å². The summed E-state index contributed by atoms with van der Waals surface area (Å²) in [6.07, 6.45) is 1.94. The summed E-state index contributed by atoms with van der Waals surface area (Å²) in [6, 6.07) is 0. The maximum absolute atomic E-state index is 10.9. The average Bonchev–Trinajstić information content (AvgIpc) is 2.56. The number of sulfone groups is 1. The highest BCUT2D eigenvalue weighted by molar-refractivity contribution is 7.90.